The minimum Gasteiger partial charge on any atom is -0.343 e. The molecular formula is C15H22N6O2S. The van der Waals surface area contributed by atoms with Gasteiger partial charge in [0.25, 0.3) is 10.2 Å². The van der Waals surface area contributed by atoms with E-state index in [9.17, 15) is 8.42 Å². The van der Waals surface area contributed by atoms with E-state index in [0.717, 1.165) is 24.2 Å². The van der Waals surface area contributed by atoms with Gasteiger partial charge < -0.3 is 4.98 Å². The average molecular weight is 350 g/mol. The van der Waals surface area contributed by atoms with Crippen molar-refractivity contribution in [1.29, 1.82) is 0 Å². The first kappa shape index (κ1) is 17.0. The van der Waals surface area contributed by atoms with Gasteiger partial charge in [-0.1, -0.05) is 0 Å². The minimum atomic E-state index is -3.41. The first-order valence-corrected chi connectivity index (χ1v) is 9.30. The summed E-state index contributed by atoms with van der Waals surface area (Å²) >= 11 is 0. The lowest BCUT2D eigenvalue weighted by atomic mass is 9.98. The van der Waals surface area contributed by atoms with Crippen LogP contribution >= 0.6 is 0 Å². The molecule has 0 unspecified atom stereocenters. The number of H-pyrrole nitrogens is 1. The van der Waals surface area contributed by atoms with Crippen LogP contribution in [0.15, 0.2) is 18.5 Å². The van der Waals surface area contributed by atoms with Gasteiger partial charge in [-0.2, -0.15) is 17.0 Å². The zero-order valence-electron chi connectivity index (χ0n) is 14.1. The van der Waals surface area contributed by atoms with Crippen LogP contribution in [0.3, 0.4) is 0 Å². The molecule has 1 atom stereocenters. The normalized spacial score (nSPS) is 19.8. The Labute approximate surface area is 142 Å². The molecule has 8 nitrogen and oxygen atoms in total. The highest BCUT2D eigenvalue weighted by Gasteiger charge is 2.32. The summed E-state index contributed by atoms with van der Waals surface area (Å²) in [4.78, 5) is 16.4. The molecule has 0 bridgehead atoms. The number of piperidine rings is 1. The highest BCUT2D eigenvalue weighted by Crippen LogP contribution is 2.28. The molecule has 3 heterocycles. The predicted molar refractivity (Wildman–Crippen MR) is 90.5 cm³/mol. The van der Waals surface area contributed by atoms with E-state index in [1.807, 2.05) is 13.0 Å². The SMILES string of the molecule is Cc1cc(-c2ncc[nH]2)nc([C@H]2CCCN(S(=O)(=O)N(C)C)C2)n1. The fourth-order valence-corrected chi connectivity index (χ4v) is 4.08. The number of aromatic amines is 1. The van der Waals surface area contributed by atoms with Gasteiger partial charge in [-0.05, 0) is 25.8 Å². The van der Waals surface area contributed by atoms with Gasteiger partial charge in [0.1, 0.15) is 11.5 Å². The molecule has 0 amide bonds. The van der Waals surface area contributed by atoms with Gasteiger partial charge in [0.15, 0.2) is 5.82 Å². The number of aryl methyl sites for hydroxylation is 1. The van der Waals surface area contributed by atoms with Crippen molar-refractivity contribution in [3.8, 4) is 11.5 Å². The van der Waals surface area contributed by atoms with Crippen molar-refractivity contribution in [2.24, 2.45) is 0 Å². The molecule has 1 aliphatic heterocycles. The van der Waals surface area contributed by atoms with Crippen LogP contribution in [0.4, 0.5) is 0 Å². The lowest BCUT2D eigenvalue weighted by Crippen LogP contribution is -2.45. The van der Waals surface area contributed by atoms with Crippen molar-refractivity contribution in [3.63, 3.8) is 0 Å². The van der Waals surface area contributed by atoms with Crippen molar-refractivity contribution in [3.05, 3.63) is 30.0 Å². The second-order valence-electron chi connectivity index (χ2n) is 6.18. The molecular weight excluding hydrogens is 328 g/mol. The monoisotopic (exact) mass is 350 g/mol. The summed E-state index contributed by atoms with van der Waals surface area (Å²) in [5, 5.41) is 0. The summed E-state index contributed by atoms with van der Waals surface area (Å²) in [5.41, 5.74) is 1.58. The number of rotatable bonds is 4. The van der Waals surface area contributed by atoms with Crippen LogP contribution < -0.4 is 0 Å². The van der Waals surface area contributed by atoms with E-state index in [0.29, 0.717) is 24.7 Å². The molecule has 0 spiro atoms. The van der Waals surface area contributed by atoms with Gasteiger partial charge in [0.2, 0.25) is 0 Å². The molecule has 1 fully saturated rings. The van der Waals surface area contributed by atoms with Gasteiger partial charge in [-0.3, -0.25) is 0 Å². The smallest absolute Gasteiger partial charge is 0.281 e. The first-order valence-electron chi connectivity index (χ1n) is 7.91. The number of aromatic nitrogens is 4. The van der Waals surface area contributed by atoms with Crippen molar-refractivity contribution in [2.45, 2.75) is 25.7 Å². The van der Waals surface area contributed by atoms with Gasteiger partial charge in [-0.25, -0.2) is 15.0 Å². The van der Waals surface area contributed by atoms with E-state index >= 15 is 0 Å². The topological polar surface area (TPSA) is 95.1 Å². The second-order valence-corrected chi connectivity index (χ2v) is 8.32. The molecule has 130 valence electrons. The maximum atomic E-state index is 12.4. The van der Waals surface area contributed by atoms with Crippen LogP contribution in [0.25, 0.3) is 11.5 Å². The van der Waals surface area contributed by atoms with E-state index in [1.54, 1.807) is 26.5 Å². The van der Waals surface area contributed by atoms with E-state index in [4.69, 9.17) is 0 Å². The molecule has 9 heteroatoms. The molecule has 1 N–H and O–H groups in total. The molecule has 3 rings (SSSR count). The summed E-state index contributed by atoms with van der Waals surface area (Å²) in [6.45, 7) is 2.85. The van der Waals surface area contributed by atoms with Crippen LogP contribution in [-0.4, -0.2) is 64.1 Å². The standard InChI is InChI=1S/C15H22N6O2S/c1-11-9-13(15-16-6-7-17-15)19-14(18-11)12-5-4-8-21(10-12)24(22,23)20(2)3/h6-7,9,12H,4-5,8,10H2,1-3H3,(H,16,17)/t12-/m0/s1. The number of hydrogen-bond donors (Lipinski definition) is 1. The van der Waals surface area contributed by atoms with E-state index in [-0.39, 0.29) is 5.92 Å². The van der Waals surface area contributed by atoms with Crippen molar-refractivity contribution >= 4 is 10.2 Å². The quantitative estimate of drug-likeness (QED) is 0.893. The third kappa shape index (κ3) is 3.33. The summed E-state index contributed by atoms with van der Waals surface area (Å²) in [6.07, 6.45) is 5.10. The number of imidazole rings is 1. The maximum Gasteiger partial charge on any atom is 0.281 e. The Morgan fingerprint density at radius 3 is 2.79 bits per heavy atom. The van der Waals surface area contributed by atoms with Crippen LogP contribution in [0, 0.1) is 6.92 Å². The zero-order chi connectivity index (χ0) is 17.3. The Kier molecular flexibility index (Phi) is 4.66. The highest BCUT2D eigenvalue weighted by molar-refractivity contribution is 7.86. The largest absolute Gasteiger partial charge is 0.343 e. The third-order valence-electron chi connectivity index (χ3n) is 4.15. The molecule has 2 aromatic heterocycles. The Hall–Kier alpha value is -1.84. The third-order valence-corrected chi connectivity index (χ3v) is 6.06. The summed E-state index contributed by atoms with van der Waals surface area (Å²) in [5.74, 6) is 1.36. The first-order chi connectivity index (χ1) is 11.4. The van der Waals surface area contributed by atoms with Crippen LogP contribution in [-0.2, 0) is 10.2 Å². The average Bonchev–Trinajstić information content (AvgIpc) is 3.09. The fraction of sp³-hybridized carbons (Fsp3) is 0.533. The molecule has 0 aliphatic carbocycles. The van der Waals surface area contributed by atoms with Gasteiger partial charge in [0.05, 0.1) is 0 Å². The lowest BCUT2D eigenvalue weighted by molar-refractivity contribution is 0.293. The Bertz CT molecular complexity index is 803. The Balaban J connectivity index is 1.89. The summed E-state index contributed by atoms with van der Waals surface area (Å²) in [7, 11) is -0.306. The second kappa shape index (κ2) is 6.58. The number of nitrogens with zero attached hydrogens (tertiary/aromatic N) is 5. The molecule has 0 radical (unpaired) electrons. The lowest BCUT2D eigenvalue weighted by Gasteiger charge is -2.32. The summed E-state index contributed by atoms with van der Waals surface area (Å²) in [6, 6.07) is 1.87. The predicted octanol–water partition coefficient (Wildman–Crippen LogP) is 1.16. The van der Waals surface area contributed by atoms with Crippen molar-refractivity contribution in [2.75, 3.05) is 27.2 Å². The van der Waals surface area contributed by atoms with Crippen LogP contribution in [0.5, 0.6) is 0 Å². The van der Waals surface area contributed by atoms with Gasteiger partial charge in [0, 0.05) is 51.2 Å². The number of hydrogen-bond acceptors (Lipinski definition) is 5. The van der Waals surface area contributed by atoms with Crippen LogP contribution in [0.1, 0.15) is 30.3 Å². The van der Waals surface area contributed by atoms with Crippen molar-refractivity contribution in [1.82, 2.24) is 28.5 Å². The number of nitrogens with one attached hydrogen (secondary N) is 1. The van der Waals surface area contributed by atoms with Gasteiger partial charge in [-0.15, -0.1) is 0 Å². The highest BCUT2D eigenvalue weighted by atomic mass is 32.2. The van der Waals surface area contributed by atoms with Crippen molar-refractivity contribution < 1.29 is 8.42 Å². The maximum absolute atomic E-state index is 12.4. The molecule has 0 saturated carbocycles. The molecule has 0 aromatic carbocycles. The van der Waals surface area contributed by atoms with Gasteiger partial charge >= 0.3 is 0 Å². The Morgan fingerprint density at radius 1 is 1.33 bits per heavy atom. The summed E-state index contributed by atoms with van der Waals surface area (Å²) < 4.78 is 27.5. The fourth-order valence-electron chi connectivity index (χ4n) is 2.89. The molecule has 2 aromatic rings. The molecule has 24 heavy (non-hydrogen) atoms. The zero-order valence-corrected chi connectivity index (χ0v) is 14.9. The molecule has 1 saturated heterocycles. The van der Waals surface area contributed by atoms with E-state index < -0.39 is 10.2 Å². The van der Waals surface area contributed by atoms with Crippen LogP contribution in [0.2, 0.25) is 0 Å². The van der Waals surface area contributed by atoms with E-state index in [1.165, 1.54) is 8.61 Å². The minimum absolute atomic E-state index is 0.0120. The van der Waals surface area contributed by atoms with E-state index in [2.05, 4.69) is 19.9 Å². The Morgan fingerprint density at radius 2 is 2.12 bits per heavy atom. The molecule has 1 aliphatic rings.